The zero-order valence-corrected chi connectivity index (χ0v) is 7.24. The van der Waals surface area contributed by atoms with E-state index in [1.807, 2.05) is 0 Å². The van der Waals surface area contributed by atoms with Crippen LogP contribution in [0.1, 0.15) is 5.56 Å². The summed E-state index contributed by atoms with van der Waals surface area (Å²) in [7, 11) is 1.54. The molecule has 4 nitrogen and oxygen atoms in total. The third-order valence-corrected chi connectivity index (χ3v) is 1.68. The molecule has 4 heteroatoms. The van der Waals surface area contributed by atoms with E-state index in [1.54, 1.807) is 13.1 Å². The van der Waals surface area contributed by atoms with Gasteiger partial charge in [-0.2, -0.15) is 0 Å². The van der Waals surface area contributed by atoms with Crippen molar-refractivity contribution >= 4 is 5.91 Å². The first kappa shape index (κ1) is 9.38. The summed E-state index contributed by atoms with van der Waals surface area (Å²) in [4.78, 5) is 10.9. The lowest BCUT2D eigenvalue weighted by atomic mass is 10.1. The lowest BCUT2D eigenvalue weighted by Gasteiger charge is -2.02. The molecular formula is C9H11NO3. The molecule has 3 N–H and O–H groups in total. The molecule has 0 atom stereocenters. The van der Waals surface area contributed by atoms with Gasteiger partial charge in [-0.15, -0.1) is 0 Å². The van der Waals surface area contributed by atoms with Crippen molar-refractivity contribution in [3.63, 3.8) is 0 Å². The number of amides is 1. The molecule has 0 radical (unpaired) electrons. The molecule has 13 heavy (non-hydrogen) atoms. The van der Waals surface area contributed by atoms with Crippen LogP contribution >= 0.6 is 0 Å². The van der Waals surface area contributed by atoms with Gasteiger partial charge in [0.05, 0.1) is 6.42 Å². The van der Waals surface area contributed by atoms with Crippen LogP contribution in [-0.2, 0) is 11.2 Å². The van der Waals surface area contributed by atoms with Crippen LogP contribution in [0.15, 0.2) is 18.2 Å². The Kier molecular flexibility index (Phi) is 2.74. The number of carbonyl (C=O) groups is 1. The van der Waals surface area contributed by atoms with Crippen LogP contribution < -0.4 is 5.32 Å². The van der Waals surface area contributed by atoms with Gasteiger partial charge < -0.3 is 15.5 Å². The summed E-state index contributed by atoms with van der Waals surface area (Å²) in [6.07, 6.45) is 0.199. The van der Waals surface area contributed by atoms with Gasteiger partial charge in [-0.1, -0.05) is 6.07 Å². The maximum atomic E-state index is 10.9. The molecule has 0 saturated heterocycles. The molecule has 0 spiro atoms. The second-order valence-corrected chi connectivity index (χ2v) is 2.67. The first-order valence-corrected chi connectivity index (χ1v) is 3.85. The normalized spacial score (nSPS) is 9.62. The van der Waals surface area contributed by atoms with Crippen molar-refractivity contribution in [1.82, 2.24) is 5.32 Å². The van der Waals surface area contributed by atoms with Crippen LogP contribution in [-0.4, -0.2) is 23.2 Å². The highest BCUT2D eigenvalue weighted by Gasteiger charge is 2.03. The molecule has 0 unspecified atom stereocenters. The smallest absolute Gasteiger partial charge is 0.224 e. The first-order chi connectivity index (χ1) is 6.13. The van der Waals surface area contributed by atoms with Gasteiger partial charge in [0.25, 0.3) is 0 Å². The molecule has 0 heterocycles. The molecule has 0 bridgehead atoms. The number of phenolic OH excluding ortho intramolecular Hbond substituents is 2. The van der Waals surface area contributed by atoms with Crippen molar-refractivity contribution in [2.24, 2.45) is 0 Å². The number of aromatic hydroxyl groups is 2. The average molecular weight is 181 g/mol. The van der Waals surface area contributed by atoms with E-state index < -0.39 is 0 Å². The van der Waals surface area contributed by atoms with Gasteiger partial charge in [0.1, 0.15) is 0 Å². The molecule has 0 fully saturated rings. The Morgan fingerprint density at radius 3 is 2.62 bits per heavy atom. The first-order valence-electron chi connectivity index (χ1n) is 3.85. The van der Waals surface area contributed by atoms with Crippen molar-refractivity contribution < 1.29 is 15.0 Å². The number of rotatable bonds is 2. The molecule has 70 valence electrons. The number of hydrogen-bond donors (Lipinski definition) is 3. The number of benzene rings is 1. The summed E-state index contributed by atoms with van der Waals surface area (Å²) in [5, 5.41) is 20.6. The van der Waals surface area contributed by atoms with E-state index in [2.05, 4.69) is 5.32 Å². The fourth-order valence-electron chi connectivity index (χ4n) is 0.953. The van der Waals surface area contributed by atoms with Crippen LogP contribution in [0.5, 0.6) is 11.5 Å². The molecule has 0 saturated carbocycles. The Morgan fingerprint density at radius 1 is 1.38 bits per heavy atom. The summed E-state index contributed by atoms with van der Waals surface area (Å²) in [5.41, 5.74) is 0.662. The fraction of sp³-hybridized carbons (Fsp3) is 0.222. The lowest BCUT2D eigenvalue weighted by Crippen LogP contribution is -2.19. The molecule has 1 aromatic rings. The Bertz CT molecular complexity index is 323. The Hall–Kier alpha value is -1.71. The minimum absolute atomic E-state index is 0.134. The van der Waals surface area contributed by atoms with Crippen LogP contribution in [0.2, 0.25) is 0 Å². The predicted molar refractivity (Wildman–Crippen MR) is 47.5 cm³/mol. The Morgan fingerprint density at radius 2 is 2.08 bits per heavy atom. The van der Waals surface area contributed by atoms with Crippen LogP contribution in [0, 0.1) is 0 Å². The monoisotopic (exact) mass is 181 g/mol. The second-order valence-electron chi connectivity index (χ2n) is 2.67. The molecule has 0 aromatic heterocycles. The SMILES string of the molecule is CNC(=O)Cc1ccc(O)c(O)c1. The quantitative estimate of drug-likeness (QED) is 0.578. The number of nitrogens with one attached hydrogen (secondary N) is 1. The molecule has 0 aliphatic rings. The zero-order valence-electron chi connectivity index (χ0n) is 7.24. The number of phenols is 2. The van der Waals surface area contributed by atoms with E-state index >= 15 is 0 Å². The van der Waals surface area contributed by atoms with Gasteiger partial charge >= 0.3 is 0 Å². The second kappa shape index (κ2) is 3.80. The maximum absolute atomic E-state index is 10.9. The van der Waals surface area contributed by atoms with E-state index in [4.69, 9.17) is 10.2 Å². The molecule has 0 aliphatic heterocycles. The Labute approximate surface area is 75.8 Å². The molecule has 1 amide bonds. The number of hydrogen-bond acceptors (Lipinski definition) is 3. The van der Waals surface area contributed by atoms with Gasteiger partial charge in [0.15, 0.2) is 11.5 Å². The van der Waals surface area contributed by atoms with Gasteiger partial charge in [0, 0.05) is 7.05 Å². The highest BCUT2D eigenvalue weighted by molar-refractivity contribution is 5.78. The zero-order chi connectivity index (χ0) is 9.84. The van der Waals surface area contributed by atoms with Crippen LogP contribution in [0.3, 0.4) is 0 Å². The highest BCUT2D eigenvalue weighted by atomic mass is 16.3. The highest BCUT2D eigenvalue weighted by Crippen LogP contribution is 2.24. The van der Waals surface area contributed by atoms with Gasteiger partial charge in [-0.3, -0.25) is 4.79 Å². The topological polar surface area (TPSA) is 69.6 Å². The number of likely N-dealkylation sites (N-methyl/N-ethyl adjacent to an activating group) is 1. The molecule has 1 rings (SSSR count). The van der Waals surface area contributed by atoms with Crippen molar-refractivity contribution in [2.45, 2.75) is 6.42 Å². The van der Waals surface area contributed by atoms with E-state index in [1.165, 1.54) is 12.1 Å². The van der Waals surface area contributed by atoms with E-state index in [0.717, 1.165) is 0 Å². The van der Waals surface area contributed by atoms with E-state index in [9.17, 15) is 4.79 Å². The largest absolute Gasteiger partial charge is 0.504 e. The molecule has 1 aromatic carbocycles. The van der Waals surface area contributed by atoms with Gasteiger partial charge in [0.2, 0.25) is 5.91 Å². The summed E-state index contributed by atoms with van der Waals surface area (Å²) < 4.78 is 0. The summed E-state index contributed by atoms with van der Waals surface area (Å²) in [5.74, 6) is -0.521. The van der Waals surface area contributed by atoms with Crippen molar-refractivity contribution in [3.05, 3.63) is 23.8 Å². The summed E-state index contributed by atoms with van der Waals surface area (Å²) in [6, 6.07) is 4.31. The molecular weight excluding hydrogens is 170 g/mol. The van der Waals surface area contributed by atoms with E-state index in [0.29, 0.717) is 5.56 Å². The minimum Gasteiger partial charge on any atom is -0.504 e. The van der Waals surface area contributed by atoms with Gasteiger partial charge in [-0.05, 0) is 17.7 Å². The average Bonchev–Trinajstić information content (AvgIpc) is 2.11. The standard InChI is InChI=1S/C9H11NO3/c1-10-9(13)5-6-2-3-7(11)8(12)4-6/h2-4,11-12H,5H2,1H3,(H,10,13). The van der Waals surface area contributed by atoms with E-state index in [-0.39, 0.29) is 23.8 Å². The fourth-order valence-corrected chi connectivity index (χ4v) is 0.953. The third kappa shape index (κ3) is 2.37. The number of carbonyl (C=O) groups excluding carboxylic acids is 1. The minimum atomic E-state index is -0.207. The third-order valence-electron chi connectivity index (χ3n) is 1.68. The predicted octanol–water partition coefficient (Wildman–Crippen LogP) is 0.386. The van der Waals surface area contributed by atoms with Gasteiger partial charge in [-0.25, -0.2) is 0 Å². The summed E-state index contributed by atoms with van der Waals surface area (Å²) in [6.45, 7) is 0. The van der Waals surface area contributed by atoms with Crippen molar-refractivity contribution in [1.29, 1.82) is 0 Å². The molecule has 0 aliphatic carbocycles. The van der Waals surface area contributed by atoms with Crippen molar-refractivity contribution in [2.75, 3.05) is 7.05 Å². The van der Waals surface area contributed by atoms with Crippen molar-refractivity contribution in [3.8, 4) is 11.5 Å². The van der Waals surface area contributed by atoms with Crippen LogP contribution in [0.4, 0.5) is 0 Å². The lowest BCUT2D eigenvalue weighted by molar-refractivity contribution is -0.119. The summed E-state index contributed by atoms with van der Waals surface area (Å²) >= 11 is 0. The van der Waals surface area contributed by atoms with Crippen LogP contribution in [0.25, 0.3) is 0 Å². The Balaban J connectivity index is 2.79. The maximum Gasteiger partial charge on any atom is 0.224 e.